The number of fused-ring (bicyclic) bond motifs is 1. The van der Waals surface area contributed by atoms with Crippen molar-refractivity contribution in [2.75, 3.05) is 31.2 Å². The summed E-state index contributed by atoms with van der Waals surface area (Å²) >= 11 is 1.16. The Hall–Kier alpha value is -2.28. The summed E-state index contributed by atoms with van der Waals surface area (Å²) in [6.07, 6.45) is 8.66. The SMILES string of the molecule is C=CN/C(=N\S(=O)(=O)c1ccc(NCC23CCCN2CC=C(C)C3)c(C#N)c1)SC. The number of sulfonamides is 1. The Kier molecular flexibility index (Phi) is 6.91. The van der Waals surface area contributed by atoms with Gasteiger partial charge in [0, 0.05) is 18.6 Å². The fourth-order valence-corrected chi connectivity index (χ4v) is 5.84. The van der Waals surface area contributed by atoms with Crippen LogP contribution in [0.25, 0.3) is 0 Å². The van der Waals surface area contributed by atoms with Crippen LogP contribution in [0.3, 0.4) is 0 Å². The number of thioether (sulfide) groups is 1. The van der Waals surface area contributed by atoms with E-state index in [1.807, 2.05) is 0 Å². The van der Waals surface area contributed by atoms with Gasteiger partial charge < -0.3 is 10.6 Å². The van der Waals surface area contributed by atoms with Gasteiger partial charge in [-0.25, -0.2) is 0 Å². The Morgan fingerprint density at radius 2 is 2.30 bits per heavy atom. The van der Waals surface area contributed by atoms with Gasteiger partial charge in [0.05, 0.1) is 16.1 Å². The first kappa shape index (κ1) is 22.4. The summed E-state index contributed by atoms with van der Waals surface area (Å²) in [5.74, 6) is 0. The van der Waals surface area contributed by atoms with Gasteiger partial charge in [-0.2, -0.15) is 13.7 Å². The third-order valence-corrected chi connectivity index (χ3v) is 7.63. The van der Waals surface area contributed by atoms with Crippen molar-refractivity contribution in [1.82, 2.24) is 10.2 Å². The van der Waals surface area contributed by atoms with Gasteiger partial charge in [0.15, 0.2) is 5.17 Å². The Morgan fingerprint density at radius 1 is 1.50 bits per heavy atom. The molecule has 0 bridgehead atoms. The van der Waals surface area contributed by atoms with Gasteiger partial charge in [0.2, 0.25) is 0 Å². The third kappa shape index (κ3) is 4.72. The molecule has 0 spiro atoms. The molecule has 1 aromatic carbocycles. The molecule has 3 rings (SSSR count). The quantitative estimate of drug-likeness (QED) is 0.394. The minimum atomic E-state index is -3.94. The first-order valence-corrected chi connectivity index (χ1v) is 12.5. The van der Waals surface area contributed by atoms with Gasteiger partial charge in [-0.3, -0.25) is 4.90 Å². The Balaban J connectivity index is 1.82. The van der Waals surface area contributed by atoms with Gasteiger partial charge in [-0.05, 0) is 63.4 Å². The van der Waals surface area contributed by atoms with Crippen LogP contribution in [-0.4, -0.2) is 49.9 Å². The van der Waals surface area contributed by atoms with E-state index in [4.69, 9.17) is 0 Å². The van der Waals surface area contributed by atoms with Crippen molar-refractivity contribution in [1.29, 1.82) is 5.26 Å². The minimum absolute atomic E-state index is 0.0147. The second-order valence-corrected chi connectivity index (χ2v) is 10.00. The molecule has 1 unspecified atom stereocenters. The number of nitriles is 1. The zero-order chi connectivity index (χ0) is 21.8. The molecular formula is C21H27N5O2S2. The topological polar surface area (TPSA) is 97.6 Å². The average Bonchev–Trinajstić information content (AvgIpc) is 3.14. The second kappa shape index (κ2) is 9.25. The van der Waals surface area contributed by atoms with Crippen molar-refractivity contribution >= 4 is 32.6 Å². The van der Waals surface area contributed by atoms with Crippen molar-refractivity contribution in [2.45, 2.75) is 36.6 Å². The zero-order valence-corrected chi connectivity index (χ0v) is 18.9. The van der Waals surface area contributed by atoms with Crippen LogP contribution in [0, 0.1) is 11.3 Å². The second-order valence-electron chi connectivity index (χ2n) is 7.60. The summed E-state index contributed by atoms with van der Waals surface area (Å²) in [7, 11) is -3.94. The average molecular weight is 446 g/mol. The van der Waals surface area contributed by atoms with Gasteiger partial charge in [-0.1, -0.05) is 30.0 Å². The molecule has 0 aliphatic carbocycles. The third-order valence-electron chi connectivity index (χ3n) is 5.65. The molecule has 9 heteroatoms. The highest BCUT2D eigenvalue weighted by molar-refractivity contribution is 8.13. The highest BCUT2D eigenvalue weighted by Gasteiger charge is 2.42. The summed E-state index contributed by atoms with van der Waals surface area (Å²) in [4.78, 5) is 2.49. The number of hydrogen-bond acceptors (Lipinski definition) is 6. The van der Waals surface area contributed by atoms with Crippen molar-refractivity contribution in [2.24, 2.45) is 4.40 Å². The van der Waals surface area contributed by atoms with E-state index >= 15 is 0 Å². The maximum absolute atomic E-state index is 12.6. The van der Waals surface area contributed by atoms with Crippen molar-refractivity contribution in [3.8, 4) is 6.07 Å². The highest BCUT2D eigenvalue weighted by atomic mass is 32.2. The Labute approximate surface area is 183 Å². The monoisotopic (exact) mass is 445 g/mol. The van der Waals surface area contributed by atoms with E-state index < -0.39 is 10.0 Å². The standard InChI is InChI=1S/C21H27N5O2S2/c1-4-23-20(29-3)25-30(27,28)18-6-7-19(17(12-18)14-22)24-15-21-9-5-10-26(21)11-8-16(2)13-21/h4,6-8,12,24H,1,5,9-11,13,15H2,2-3H3,(H,23,25). The molecule has 1 fully saturated rings. The van der Waals surface area contributed by atoms with Crippen molar-refractivity contribution in [3.05, 3.63) is 48.2 Å². The molecule has 0 radical (unpaired) electrons. The van der Waals surface area contributed by atoms with Crippen LogP contribution in [0.1, 0.15) is 31.7 Å². The van der Waals surface area contributed by atoms with E-state index in [0.717, 1.165) is 44.2 Å². The number of rotatable bonds is 6. The number of hydrogen-bond donors (Lipinski definition) is 2. The molecule has 0 amide bonds. The van der Waals surface area contributed by atoms with Gasteiger partial charge in [0.25, 0.3) is 10.0 Å². The normalized spacial score (nSPS) is 22.0. The maximum atomic E-state index is 12.6. The molecular weight excluding hydrogens is 418 g/mol. The zero-order valence-electron chi connectivity index (χ0n) is 17.3. The van der Waals surface area contributed by atoms with Gasteiger partial charge in [0.1, 0.15) is 6.07 Å². The Morgan fingerprint density at radius 3 is 3.00 bits per heavy atom. The summed E-state index contributed by atoms with van der Waals surface area (Å²) in [5.41, 5.74) is 2.39. The lowest BCUT2D eigenvalue weighted by molar-refractivity contribution is 0.154. The van der Waals surface area contributed by atoms with E-state index in [9.17, 15) is 13.7 Å². The molecule has 1 saturated heterocycles. The summed E-state index contributed by atoms with van der Waals surface area (Å²) in [6.45, 7) is 8.45. The predicted octanol–water partition coefficient (Wildman–Crippen LogP) is 3.30. The van der Waals surface area contributed by atoms with Crippen LogP contribution in [-0.2, 0) is 10.0 Å². The van der Waals surface area contributed by atoms with Crippen LogP contribution in [0.15, 0.2) is 51.9 Å². The molecule has 2 aliphatic heterocycles. The molecule has 160 valence electrons. The van der Waals surface area contributed by atoms with E-state index in [1.54, 1.807) is 12.3 Å². The molecule has 0 saturated carbocycles. The minimum Gasteiger partial charge on any atom is -0.382 e. The number of anilines is 1. The first-order chi connectivity index (χ1) is 14.3. The van der Waals surface area contributed by atoms with E-state index in [1.165, 1.54) is 30.3 Å². The smallest absolute Gasteiger partial charge is 0.284 e. The molecule has 30 heavy (non-hydrogen) atoms. The number of amidine groups is 1. The summed E-state index contributed by atoms with van der Waals surface area (Å²) < 4.78 is 29.0. The lowest BCUT2D eigenvalue weighted by Gasteiger charge is -2.42. The molecule has 2 N–H and O–H groups in total. The molecule has 1 atom stereocenters. The van der Waals surface area contributed by atoms with Crippen molar-refractivity contribution in [3.63, 3.8) is 0 Å². The summed E-state index contributed by atoms with van der Waals surface area (Å²) in [6, 6.07) is 6.64. The molecule has 7 nitrogen and oxygen atoms in total. The van der Waals surface area contributed by atoms with Crippen LogP contribution in [0.4, 0.5) is 5.69 Å². The Bertz CT molecular complexity index is 1030. The van der Waals surface area contributed by atoms with E-state index in [0.29, 0.717) is 5.69 Å². The van der Waals surface area contributed by atoms with Gasteiger partial charge >= 0.3 is 0 Å². The van der Waals surface area contributed by atoms with E-state index in [2.05, 4.69) is 45.6 Å². The summed E-state index contributed by atoms with van der Waals surface area (Å²) in [5, 5.41) is 15.9. The van der Waals surface area contributed by atoms with Crippen molar-refractivity contribution < 1.29 is 8.42 Å². The molecule has 2 aliphatic rings. The highest BCUT2D eigenvalue weighted by Crippen LogP contribution is 2.38. The van der Waals surface area contributed by atoms with Crippen LogP contribution in [0.2, 0.25) is 0 Å². The lowest BCUT2D eigenvalue weighted by atomic mass is 9.85. The molecule has 0 aromatic heterocycles. The van der Waals surface area contributed by atoms with Crippen LogP contribution in [0.5, 0.6) is 0 Å². The molecule has 1 aromatic rings. The lowest BCUT2D eigenvalue weighted by Crippen LogP contribution is -2.51. The van der Waals surface area contributed by atoms with Crippen LogP contribution < -0.4 is 10.6 Å². The fourth-order valence-electron chi connectivity index (χ4n) is 4.16. The number of benzene rings is 1. The van der Waals surface area contributed by atoms with Gasteiger partial charge in [-0.15, -0.1) is 4.40 Å². The maximum Gasteiger partial charge on any atom is 0.284 e. The fraction of sp³-hybridized carbons (Fsp3) is 0.429. The number of nitrogens with zero attached hydrogens (tertiary/aromatic N) is 3. The predicted molar refractivity (Wildman–Crippen MR) is 123 cm³/mol. The number of nitrogens with one attached hydrogen (secondary N) is 2. The largest absolute Gasteiger partial charge is 0.382 e. The van der Waals surface area contributed by atoms with E-state index in [-0.39, 0.29) is 21.2 Å². The first-order valence-electron chi connectivity index (χ1n) is 9.79. The molecule has 2 heterocycles. The van der Waals surface area contributed by atoms with Crippen LogP contribution >= 0.6 is 11.8 Å².